The minimum absolute atomic E-state index is 0.0808. The van der Waals surface area contributed by atoms with Crippen molar-refractivity contribution in [3.63, 3.8) is 0 Å². The van der Waals surface area contributed by atoms with Gasteiger partial charge in [0.2, 0.25) is 17.8 Å². The van der Waals surface area contributed by atoms with Gasteiger partial charge >= 0.3 is 0 Å². The third-order valence-electron chi connectivity index (χ3n) is 7.11. The fourth-order valence-corrected chi connectivity index (χ4v) is 4.90. The fraction of sp³-hybridized carbons (Fsp3) is 0.303. The van der Waals surface area contributed by atoms with E-state index >= 15 is 0 Å². The van der Waals surface area contributed by atoms with Gasteiger partial charge < -0.3 is 14.4 Å². The Labute approximate surface area is 246 Å². The fourth-order valence-electron chi connectivity index (χ4n) is 4.90. The van der Waals surface area contributed by atoms with Crippen molar-refractivity contribution in [1.29, 1.82) is 0 Å². The molecule has 0 spiro atoms. The third kappa shape index (κ3) is 7.84. The standard InChI is InChI=1S/C33H37N5O4/c1-2-42-29-15-9-14-28(23-29)38-24-30(27-12-7-4-8-13-27)34-33(38)35-31(39)25-37(17-16-36-18-20-41-21-19-36)32(40)22-26-10-5-3-6-11-26/h3-15,23-24H,2,16-22,25H2,1H3,(H,34,35,39). The number of ether oxygens (including phenoxy) is 2. The van der Waals surface area contributed by atoms with Crippen LogP contribution in [0.4, 0.5) is 5.95 Å². The van der Waals surface area contributed by atoms with Crippen LogP contribution in [0.5, 0.6) is 5.75 Å². The van der Waals surface area contributed by atoms with E-state index < -0.39 is 0 Å². The van der Waals surface area contributed by atoms with E-state index in [4.69, 9.17) is 14.5 Å². The maximum atomic E-state index is 13.5. The normalized spacial score (nSPS) is 13.5. The number of imidazole rings is 1. The number of morpholine rings is 1. The molecule has 0 saturated carbocycles. The summed E-state index contributed by atoms with van der Waals surface area (Å²) in [5.41, 5.74) is 3.36. The summed E-state index contributed by atoms with van der Waals surface area (Å²) in [4.78, 5) is 35.6. The highest BCUT2D eigenvalue weighted by molar-refractivity contribution is 5.94. The summed E-state index contributed by atoms with van der Waals surface area (Å²) >= 11 is 0. The minimum Gasteiger partial charge on any atom is -0.494 e. The van der Waals surface area contributed by atoms with Crippen molar-refractivity contribution in [3.05, 3.63) is 96.7 Å². The Hall–Kier alpha value is -4.47. The second-order valence-corrected chi connectivity index (χ2v) is 10.1. The maximum Gasteiger partial charge on any atom is 0.246 e. The lowest BCUT2D eigenvalue weighted by Gasteiger charge is -2.30. The molecule has 218 valence electrons. The van der Waals surface area contributed by atoms with E-state index in [1.807, 2.05) is 103 Å². The van der Waals surface area contributed by atoms with Crippen molar-refractivity contribution in [1.82, 2.24) is 19.4 Å². The lowest BCUT2D eigenvalue weighted by atomic mass is 10.1. The molecule has 42 heavy (non-hydrogen) atoms. The highest BCUT2D eigenvalue weighted by Crippen LogP contribution is 2.26. The molecule has 1 aliphatic heterocycles. The summed E-state index contributed by atoms with van der Waals surface area (Å²) < 4.78 is 13.0. The van der Waals surface area contributed by atoms with Gasteiger partial charge in [-0.3, -0.25) is 24.4 Å². The van der Waals surface area contributed by atoms with Gasteiger partial charge in [-0.05, 0) is 24.6 Å². The van der Waals surface area contributed by atoms with Crippen molar-refractivity contribution < 1.29 is 19.1 Å². The van der Waals surface area contributed by atoms with E-state index in [-0.39, 0.29) is 24.8 Å². The second kappa shape index (κ2) is 14.4. The number of rotatable bonds is 12. The number of benzene rings is 3. The van der Waals surface area contributed by atoms with Crippen LogP contribution in [0.1, 0.15) is 12.5 Å². The van der Waals surface area contributed by atoms with E-state index in [1.54, 1.807) is 4.90 Å². The number of hydrogen-bond donors (Lipinski definition) is 1. The molecule has 2 amide bonds. The van der Waals surface area contributed by atoms with E-state index in [9.17, 15) is 9.59 Å². The number of carbonyl (C=O) groups excluding carboxylic acids is 2. The molecule has 0 atom stereocenters. The van der Waals surface area contributed by atoms with Gasteiger partial charge in [-0.15, -0.1) is 0 Å². The first-order valence-electron chi connectivity index (χ1n) is 14.4. The van der Waals surface area contributed by atoms with E-state index in [2.05, 4.69) is 10.2 Å². The Morgan fingerprint density at radius 3 is 2.45 bits per heavy atom. The first kappa shape index (κ1) is 29.0. The van der Waals surface area contributed by atoms with Crippen LogP contribution >= 0.6 is 0 Å². The molecular weight excluding hydrogens is 530 g/mol. The molecule has 9 heteroatoms. The molecule has 0 radical (unpaired) electrons. The predicted octanol–water partition coefficient (Wildman–Crippen LogP) is 4.28. The quantitative estimate of drug-likeness (QED) is 0.275. The minimum atomic E-state index is -0.314. The summed E-state index contributed by atoms with van der Waals surface area (Å²) in [7, 11) is 0. The van der Waals surface area contributed by atoms with E-state index in [1.165, 1.54) is 0 Å². The number of aromatic nitrogens is 2. The second-order valence-electron chi connectivity index (χ2n) is 10.1. The SMILES string of the molecule is CCOc1cccc(-n2cc(-c3ccccc3)nc2NC(=O)CN(CCN2CCOCC2)C(=O)Cc2ccccc2)c1. The van der Waals surface area contributed by atoms with Gasteiger partial charge in [-0.25, -0.2) is 4.98 Å². The van der Waals surface area contributed by atoms with Gasteiger partial charge in [0.05, 0.1) is 44.2 Å². The van der Waals surface area contributed by atoms with Gasteiger partial charge in [-0.1, -0.05) is 66.7 Å². The van der Waals surface area contributed by atoms with Crippen LogP contribution in [0.25, 0.3) is 16.9 Å². The topological polar surface area (TPSA) is 88.9 Å². The monoisotopic (exact) mass is 567 g/mol. The Kier molecular flexibility index (Phi) is 9.98. The van der Waals surface area contributed by atoms with Crippen LogP contribution in [0.15, 0.2) is 91.1 Å². The number of nitrogens with one attached hydrogen (secondary N) is 1. The number of hydrogen-bond acceptors (Lipinski definition) is 6. The Bertz CT molecular complexity index is 1450. The molecule has 2 heterocycles. The third-order valence-corrected chi connectivity index (χ3v) is 7.11. The largest absolute Gasteiger partial charge is 0.494 e. The van der Waals surface area contributed by atoms with Crippen LogP contribution in [-0.2, 0) is 20.7 Å². The molecular formula is C33H37N5O4. The lowest BCUT2D eigenvalue weighted by molar-refractivity contribution is -0.134. The molecule has 3 aromatic carbocycles. The summed E-state index contributed by atoms with van der Waals surface area (Å²) in [5.74, 6) is 0.687. The highest BCUT2D eigenvalue weighted by Gasteiger charge is 2.22. The van der Waals surface area contributed by atoms with Crippen LogP contribution in [0.2, 0.25) is 0 Å². The van der Waals surface area contributed by atoms with Crippen LogP contribution in [0, 0.1) is 0 Å². The molecule has 0 unspecified atom stereocenters. The van der Waals surface area contributed by atoms with Crippen molar-refractivity contribution in [2.75, 3.05) is 57.9 Å². The molecule has 1 saturated heterocycles. The zero-order chi connectivity index (χ0) is 29.1. The Balaban J connectivity index is 1.36. The summed E-state index contributed by atoms with van der Waals surface area (Å²) in [6.07, 6.45) is 2.13. The zero-order valence-electron chi connectivity index (χ0n) is 23.9. The van der Waals surface area contributed by atoms with Crippen LogP contribution < -0.4 is 10.1 Å². The molecule has 4 aromatic rings. The maximum absolute atomic E-state index is 13.5. The lowest BCUT2D eigenvalue weighted by Crippen LogP contribution is -2.45. The van der Waals surface area contributed by atoms with Crippen LogP contribution in [-0.4, -0.2) is 83.7 Å². The van der Waals surface area contributed by atoms with E-state index in [0.29, 0.717) is 38.9 Å². The molecule has 1 fully saturated rings. The first-order chi connectivity index (χ1) is 20.6. The van der Waals surface area contributed by atoms with E-state index in [0.717, 1.165) is 41.3 Å². The van der Waals surface area contributed by atoms with Crippen LogP contribution in [0.3, 0.4) is 0 Å². The molecule has 5 rings (SSSR count). The molecule has 1 aliphatic rings. The summed E-state index contributed by atoms with van der Waals surface area (Å²) in [6, 6.07) is 27.1. The van der Waals surface area contributed by atoms with Gasteiger partial charge in [0.1, 0.15) is 5.75 Å². The van der Waals surface area contributed by atoms with Gasteiger partial charge in [-0.2, -0.15) is 0 Å². The zero-order valence-corrected chi connectivity index (χ0v) is 23.9. The van der Waals surface area contributed by atoms with Crippen molar-refractivity contribution in [2.24, 2.45) is 0 Å². The highest BCUT2D eigenvalue weighted by atomic mass is 16.5. The average molecular weight is 568 g/mol. The number of anilines is 1. The van der Waals surface area contributed by atoms with Gasteiger partial charge in [0.25, 0.3) is 0 Å². The Morgan fingerprint density at radius 2 is 1.71 bits per heavy atom. The Morgan fingerprint density at radius 1 is 0.976 bits per heavy atom. The molecule has 1 N–H and O–H groups in total. The predicted molar refractivity (Wildman–Crippen MR) is 163 cm³/mol. The smallest absolute Gasteiger partial charge is 0.246 e. The van der Waals surface area contributed by atoms with Crippen molar-refractivity contribution in [3.8, 4) is 22.7 Å². The molecule has 1 aromatic heterocycles. The molecule has 0 bridgehead atoms. The van der Waals surface area contributed by atoms with Crippen molar-refractivity contribution in [2.45, 2.75) is 13.3 Å². The summed E-state index contributed by atoms with van der Waals surface area (Å²) in [6.45, 7) is 6.50. The van der Waals surface area contributed by atoms with Crippen molar-refractivity contribution >= 4 is 17.8 Å². The first-order valence-corrected chi connectivity index (χ1v) is 14.4. The summed E-state index contributed by atoms with van der Waals surface area (Å²) in [5, 5.41) is 2.98. The molecule has 9 nitrogen and oxygen atoms in total. The number of amides is 2. The average Bonchev–Trinajstić information content (AvgIpc) is 3.44. The van der Waals surface area contributed by atoms with Gasteiger partial charge in [0.15, 0.2) is 0 Å². The number of carbonyl (C=O) groups is 2. The number of nitrogens with zero attached hydrogens (tertiary/aromatic N) is 4. The van der Waals surface area contributed by atoms with Gasteiger partial charge in [0, 0.05) is 44.0 Å². The molecule has 0 aliphatic carbocycles.